The van der Waals surface area contributed by atoms with E-state index in [2.05, 4.69) is 10.6 Å². The van der Waals surface area contributed by atoms with Gasteiger partial charge in [-0.15, -0.1) is 0 Å². The van der Waals surface area contributed by atoms with Crippen molar-refractivity contribution >= 4 is 5.91 Å². The molecule has 2 rings (SSSR count). The number of rotatable bonds is 4. The second-order valence-corrected chi connectivity index (χ2v) is 4.81. The Kier molecular flexibility index (Phi) is 4.76. The largest absolute Gasteiger partial charge is 0.376 e. The molecule has 0 aliphatic carbocycles. The van der Waals surface area contributed by atoms with Gasteiger partial charge in [0.15, 0.2) is 0 Å². The van der Waals surface area contributed by atoms with Crippen molar-refractivity contribution in [3.8, 4) is 0 Å². The first-order valence-corrected chi connectivity index (χ1v) is 6.49. The summed E-state index contributed by atoms with van der Waals surface area (Å²) in [5.41, 5.74) is 0. The van der Waals surface area contributed by atoms with E-state index in [9.17, 15) is 4.79 Å². The third-order valence-corrected chi connectivity index (χ3v) is 3.33. The van der Waals surface area contributed by atoms with Crippen LogP contribution in [0.5, 0.6) is 0 Å². The molecule has 1 amide bonds. The van der Waals surface area contributed by atoms with Crippen LogP contribution in [0.2, 0.25) is 0 Å². The molecule has 0 bridgehead atoms. The summed E-state index contributed by atoms with van der Waals surface area (Å²) in [6.45, 7) is 5.17. The Morgan fingerprint density at radius 2 is 2.35 bits per heavy atom. The Hall–Kier alpha value is -0.650. The lowest BCUT2D eigenvalue weighted by Crippen LogP contribution is -2.45. The Labute approximate surface area is 102 Å². The summed E-state index contributed by atoms with van der Waals surface area (Å²) in [6, 6.07) is 0.0987. The molecule has 2 aliphatic rings. The first kappa shape index (κ1) is 12.8. The zero-order valence-corrected chi connectivity index (χ0v) is 10.4. The van der Waals surface area contributed by atoms with Crippen LogP contribution >= 0.6 is 0 Å². The fourth-order valence-corrected chi connectivity index (χ4v) is 2.36. The number of hydrogen-bond donors (Lipinski definition) is 2. The van der Waals surface area contributed by atoms with E-state index in [4.69, 9.17) is 9.47 Å². The van der Waals surface area contributed by atoms with E-state index in [-0.39, 0.29) is 24.2 Å². The number of carbonyl (C=O) groups excluding carboxylic acids is 1. The lowest BCUT2D eigenvalue weighted by Gasteiger charge is -2.25. The molecule has 5 heteroatoms. The Morgan fingerprint density at radius 3 is 3.00 bits per heavy atom. The molecule has 2 heterocycles. The summed E-state index contributed by atoms with van der Waals surface area (Å²) in [7, 11) is 0. The number of hydrogen-bond acceptors (Lipinski definition) is 4. The van der Waals surface area contributed by atoms with Crippen LogP contribution in [0.3, 0.4) is 0 Å². The van der Waals surface area contributed by atoms with Gasteiger partial charge < -0.3 is 20.1 Å². The van der Waals surface area contributed by atoms with Gasteiger partial charge in [-0.1, -0.05) is 0 Å². The van der Waals surface area contributed by atoms with Crippen LogP contribution in [0.15, 0.2) is 0 Å². The molecule has 0 saturated carbocycles. The van der Waals surface area contributed by atoms with Gasteiger partial charge in [0.1, 0.15) is 0 Å². The monoisotopic (exact) mass is 242 g/mol. The van der Waals surface area contributed by atoms with E-state index in [1.54, 1.807) is 0 Å². The molecule has 98 valence electrons. The van der Waals surface area contributed by atoms with E-state index in [0.717, 1.165) is 32.5 Å². The average Bonchev–Trinajstić information content (AvgIpc) is 2.83. The highest BCUT2D eigenvalue weighted by atomic mass is 16.5. The van der Waals surface area contributed by atoms with Crippen molar-refractivity contribution in [3.05, 3.63) is 0 Å². The maximum Gasteiger partial charge on any atom is 0.222 e. The molecule has 0 aromatic carbocycles. The minimum Gasteiger partial charge on any atom is -0.376 e. The van der Waals surface area contributed by atoms with Crippen molar-refractivity contribution in [1.29, 1.82) is 0 Å². The van der Waals surface area contributed by atoms with Gasteiger partial charge in [0, 0.05) is 19.7 Å². The predicted octanol–water partition coefficient (Wildman–Crippen LogP) is 0.0486. The molecular formula is C12H22N2O3. The van der Waals surface area contributed by atoms with Crippen LogP contribution in [0.4, 0.5) is 0 Å². The van der Waals surface area contributed by atoms with Crippen LogP contribution < -0.4 is 10.6 Å². The highest BCUT2D eigenvalue weighted by molar-refractivity contribution is 5.76. The molecule has 0 aromatic heterocycles. The fourth-order valence-electron chi connectivity index (χ4n) is 2.36. The molecule has 2 saturated heterocycles. The topological polar surface area (TPSA) is 59.6 Å². The zero-order chi connectivity index (χ0) is 12.1. The smallest absolute Gasteiger partial charge is 0.222 e. The summed E-state index contributed by atoms with van der Waals surface area (Å²) >= 11 is 0. The molecule has 0 spiro atoms. The van der Waals surface area contributed by atoms with Crippen LogP contribution in [0, 0.1) is 0 Å². The third-order valence-electron chi connectivity index (χ3n) is 3.33. The summed E-state index contributed by atoms with van der Waals surface area (Å²) in [5.74, 6) is 0.0571. The molecule has 3 unspecified atom stereocenters. The molecule has 3 atom stereocenters. The summed E-state index contributed by atoms with van der Waals surface area (Å²) in [6.07, 6.45) is 2.78. The molecule has 0 aromatic rings. The van der Waals surface area contributed by atoms with E-state index in [1.165, 1.54) is 0 Å². The number of nitrogens with one attached hydrogen (secondary N) is 2. The van der Waals surface area contributed by atoms with Crippen LogP contribution in [-0.4, -0.2) is 50.5 Å². The fraction of sp³-hybridized carbons (Fsp3) is 0.917. The predicted molar refractivity (Wildman–Crippen MR) is 63.8 cm³/mol. The second-order valence-electron chi connectivity index (χ2n) is 4.81. The molecule has 2 N–H and O–H groups in total. The van der Waals surface area contributed by atoms with Gasteiger partial charge in [-0.2, -0.15) is 0 Å². The quantitative estimate of drug-likeness (QED) is 0.731. The Balaban J connectivity index is 1.68. The molecule has 2 aliphatic heterocycles. The van der Waals surface area contributed by atoms with Gasteiger partial charge >= 0.3 is 0 Å². The van der Waals surface area contributed by atoms with Gasteiger partial charge in [0.25, 0.3) is 0 Å². The Morgan fingerprint density at radius 1 is 1.47 bits per heavy atom. The number of carbonyl (C=O) groups is 1. The van der Waals surface area contributed by atoms with Crippen molar-refractivity contribution in [3.63, 3.8) is 0 Å². The van der Waals surface area contributed by atoms with Crippen molar-refractivity contribution in [1.82, 2.24) is 10.6 Å². The molecule has 2 fully saturated rings. The average molecular weight is 242 g/mol. The van der Waals surface area contributed by atoms with Gasteiger partial charge in [-0.3, -0.25) is 4.79 Å². The SMILES string of the molecule is CC(NC(=O)CC1CNCCO1)C1CCCO1. The minimum absolute atomic E-state index is 0.0143. The Bertz CT molecular complexity index is 248. The van der Waals surface area contributed by atoms with Crippen molar-refractivity contribution in [2.24, 2.45) is 0 Å². The number of ether oxygens (including phenoxy) is 2. The van der Waals surface area contributed by atoms with E-state index < -0.39 is 0 Å². The molecule has 0 radical (unpaired) electrons. The normalized spacial score (nSPS) is 31.1. The molecular weight excluding hydrogens is 220 g/mol. The van der Waals surface area contributed by atoms with Crippen LogP contribution in [0.25, 0.3) is 0 Å². The summed E-state index contributed by atoms with van der Waals surface area (Å²) < 4.78 is 11.0. The molecule has 5 nitrogen and oxygen atoms in total. The van der Waals surface area contributed by atoms with E-state index >= 15 is 0 Å². The summed E-state index contributed by atoms with van der Waals surface area (Å²) in [5, 5.41) is 6.22. The van der Waals surface area contributed by atoms with Gasteiger partial charge in [-0.05, 0) is 19.8 Å². The number of amides is 1. The minimum atomic E-state index is 0.0143. The standard InChI is InChI=1S/C12H22N2O3/c1-9(11-3-2-5-17-11)14-12(15)7-10-8-13-4-6-16-10/h9-11,13H,2-8H2,1H3,(H,14,15). The van der Waals surface area contributed by atoms with E-state index in [1.807, 2.05) is 6.92 Å². The highest BCUT2D eigenvalue weighted by Crippen LogP contribution is 2.15. The maximum atomic E-state index is 11.8. The third kappa shape index (κ3) is 3.94. The van der Waals surface area contributed by atoms with Crippen molar-refractivity contribution in [2.45, 2.75) is 44.4 Å². The van der Waals surface area contributed by atoms with Crippen LogP contribution in [-0.2, 0) is 14.3 Å². The van der Waals surface area contributed by atoms with Gasteiger partial charge in [0.05, 0.1) is 31.3 Å². The lowest BCUT2D eigenvalue weighted by molar-refractivity contribution is -0.125. The lowest BCUT2D eigenvalue weighted by atomic mass is 10.1. The first-order chi connectivity index (χ1) is 8.25. The van der Waals surface area contributed by atoms with Gasteiger partial charge in [0.2, 0.25) is 5.91 Å². The van der Waals surface area contributed by atoms with E-state index in [0.29, 0.717) is 13.0 Å². The van der Waals surface area contributed by atoms with Gasteiger partial charge in [-0.25, -0.2) is 0 Å². The second kappa shape index (κ2) is 6.33. The van der Waals surface area contributed by atoms with Crippen LogP contribution in [0.1, 0.15) is 26.2 Å². The maximum absolute atomic E-state index is 11.8. The summed E-state index contributed by atoms with van der Waals surface area (Å²) in [4.78, 5) is 11.8. The molecule has 17 heavy (non-hydrogen) atoms. The zero-order valence-electron chi connectivity index (χ0n) is 10.4. The highest BCUT2D eigenvalue weighted by Gasteiger charge is 2.25. The number of morpholine rings is 1. The van der Waals surface area contributed by atoms with Crippen molar-refractivity contribution < 1.29 is 14.3 Å². The first-order valence-electron chi connectivity index (χ1n) is 6.49. The van der Waals surface area contributed by atoms with Crippen molar-refractivity contribution in [2.75, 3.05) is 26.3 Å².